The van der Waals surface area contributed by atoms with Crippen LogP contribution in [0.15, 0.2) is 199 Å². The highest BCUT2D eigenvalue weighted by molar-refractivity contribution is 6.29. The molecule has 1 heteroatoms. The van der Waals surface area contributed by atoms with Crippen molar-refractivity contribution in [1.29, 1.82) is 0 Å². The van der Waals surface area contributed by atoms with Crippen molar-refractivity contribution in [2.45, 2.75) is 0 Å². The van der Waals surface area contributed by atoms with E-state index in [0.717, 1.165) is 32.9 Å². The number of furan rings is 1. The van der Waals surface area contributed by atoms with E-state index in [9.17, 15) is 0 Å². The molecule has 0 unspecified atom stereocenters. The minimum Gasteiger partial charge on any atom is -0.455 e. The Hall–Kier alpha value is -7.22. The largest absolute Gasteiger partial charge is 0.455 e. The van der Waals surface area contributed by atoms with Crippen molar-refractivity contribution in [3.8, 4) is 33.4 Å². The first kappa shape index (κ1) is 30.3. The predicted octanol–water partition coefficient (Wildman–Crippen LogP) is 15.5. The van der Waals surface area contributed by atoms with E-state index in [1.807, 2.05) is 0 Å². The molecule has 0 atom stereocenters. The van der Waals surface area contributed by atoms with Gasteiger partial charge in [-0.3, -0.25) is 0 Å². The highest BCUT2D eigenvalue weighted by atomic mass is 16.3. The van der Waals surface area contributed by atoms with E-state index in [4.69, 9.17) is 4.42 Å². The molecule has 0 aliphatic rings. The second-order valence-corrected chi connectivity index (χ2v) is 14.7. The molecule has 1 nitrogen and oxygen atoms in total. The maximum absolute atomic E-state index is 6.90. The van der Waals surface area contributed by atoms with Crippen molar-refractivity contribution in [1.82, 2.24) is 0 Å². The highest BCUT2D eigenvalue weighted by Crippen LogP contribution is 2.49. The van der Waals surface area contributed by atoms with Crippen LogP contribution < -0.4 is 0 Å². The summed E-state index contributed by atoms with van der Waals surface area (Å²) in [5, 5.41) is 17.1. The lowest BCUT2D eigenvalue weighted by molar-refractivity contribution is 0.674. The molecule has 0 saturated carbocycles. The fraction of sp³-hybridized carbons (Fsp3) is 0. The van der Waals surface area contributed by atoms with E-state index >= 15 is 0 Å². The minimum absolute atomic E-state index is 0.927. The molecule has 0 spiro atoms. The van der Waals surface area contributed by atoms with Gasteiger partial charge in [0.05, 0.1) is 0 Å². The van der Waals surface area contributed by atoms with E-state index < -0.39 is 0 Å². The maximum atomic E-state index is 6.90. The molecule has 0 amide bonds. The molecule has 0 aliphatic carbocycles. The molecule has 0 bridgehead atoms. The first-order valence-corrected chi connectivity index (χ1v) is 19.0. The molecule has 0 N–H and O–H groups in total. The molecule has 12 aromatic rings. The fourth-order valence-corrected chi connectivity index (χ4v) is 9.45. The van der Waals surface area contributed by atoms with Crippen LogP contribution in [0.4, 0.5) is 0 Å². The van der Waals surface area contributed by atoms with Crippen LogP contribution in [0.3, 0.4) is 0 Å². The Kier molecular flexibility index (Phi) is 6.40. The van der Waals surface area contributed by atoms with Crippen LogP contribution in [0, 0.1) is 0 Å². The van der Waals surface area contributed by atoms with Gasteiger partial charge in [0, 0.05) is 21.7 Å². The molecule has 0 aliphatic heterocycles. The molecule has 254 valence electrons. The lowest BCUT2D eigenvalue weighted by Crippen LogP contribution is -1.93. The molecule has 0 radical (unpaired) electrons. The van der Waals surface area contributed by atoms with Crippen molar-refractivity contribution in [2.24, 2.45) is 0 Å². The van der Waals surface area contributed by atoms with Gasteiger partial charge in [-0.1, -0.05) is 176 Å². The van der Waals surface area contributed by atoms with Crippen molar-refractivity contribution < 1.29 is 4.42 Å². The zero-order chi connectivity index (χ0) is 36.0. The van der Waals surface area contributed by atoms with E-state index in [0.29, 0.717) is 0 Å². The molecular formula is C54H32O. The number of rotatable bonds is 3. The molecule has 1 aromatic heterocycles. The van der Waals surface area contributed by atoms with Crippen molar-refractivity contribution in [3.05, 3.63) is 194 Å². The molecular weight excluding hydrogens is 665 g/mol. The third-order valence-electron chi connectivity index (χ3n) is 11.8. The quantitative estimate of drug-likeness (QED) is 0.132. The van der Waals surface area contributed by atoms with Gasteiger partial charge in [-0.25, -0.2) is 0 Å². The van der Waals surface area contributed by atoms with Gasteiger partial charge in [-0.2, -0.15) is 0 Å². The Balaban J connectivity index is 1.20. The van der Waals surface area contributed by atoms with E-state index in [2.05, 4.69) is 194 Å². The highest BCUT2D eigenvalue weighted by Gasteiger charge is 2.22. The Bertz CT molecular complexity index is 3480. The molecule has 1 heterocycles. The van der Waals surface area contributed by atoms with Crippen molar-refractivity contribution in [2.75, 3.05) is 0 Å². The normalized spacial score (nSPS) is 12.0. The predicted molar refractivity (Wildman–Crippen MR) is 235 cm³/mol. The maximum Gasteiger partial charge on any atom is 0.143 e. The van der Waals surface area contributed by atoms with Crippen LogP contribution in [0.1, 0.15) is 0 Å². The summed E-state index contributed by atoms with van der Waals surface area (Å²) in [4.78, 5) is 0. The van der Waals surface area contributed by atoms with E-state index in [1.165, 1.54) is 87.1 Å². The van der Waals surface area contributed by atoms with Crippen LogP contribution in [0.2, 0.25) is 0 Å². The van der Waals surface area contributed by atoms with Crippen LogP contribution >= 0.6 is 0 Å². The first-order valence-electron chi connectivity index (χ1n) is 19.0. The van der Waals surface area contributed by atoms with Gasteiger partial charge >= 0.3 is 0 Å². The third kappa shape index (κ3) is 4.35. The number of fused-ring (bicyclic) bond motifs is 12. The van der Waals surface area contributed by atoms with Gasteiger partial charge in [0.15, 0.2) is 0 Å². The zero-order valence-corrected chi connectivity index (χ0v) is 29.9. The second-order valence-electron chi connectivity index (χ2n) is 14.7. The summed E-state index contributed by atoms with van der Waals surface area (Å²) in [5.74, 6) is 0. The number of benzene rings is 11. The standard InChI is InChI=1S/C54H32O/c1-2-16-34(17-3-1)51-40-23-10-12-25-42(40)52(43-26-13-11-24-41(43)51)50-32-49-37-20-7-6-19-36(37)47(31-48(49)38-21-8-9-22-39(38)50)45-28-14-27-44-46-30-29-33-15-4-5-18-35(33)53(46)55-54(44)45/h1-32H. The summed E-state index contributed by atoms with van der Waals surface area (Å²) in [6.45, 7) is 0. The van der Waals surface area contributed by atoms with Gasteiger partial charge in [0.1, 0.15) is 11.2 Å². The van der Waals surface area contributed by atoms with Crippen LogP contribution in [0.25, 0.3) is 120 Å². The number of hydrogen-bond acceptors (Lipinski definition) is 1. The van der Waals surface area contributed by atoms with Gasteiger partial charge in [-0.15, -0.1) is 0 Å². The summed E-state index contributed by atoms with van der Waals surface area (Å²) >= 11 is 0. The van der Waals surface area contributed by atoms with E-state index in [1.54, 1.807) is 0 Å². The Morgan fingerprint density at radius 3 is 1.36 bits per heavy atom. The number of para-hydroxylation sites is 1. The molecule has 55 heavy (non-hydrogen) atoms. The summed E-state index contributed by atoms with van der Waals surface area (Å²) in [5.41, 5.74) is 9.19. The zero-order valence-electron chi connectivity index (χ0n) is 29.9. The average molecular weight is 697 g/mol. The van der Waals surface area contributed by atoms with E-state index in [-0.39, 0.29) is 0 Å². The Morgan fingerprint density at radius 2 is 0.709 bits per heavy atom. The van der Waals surface area contributed by atoms with Gasteiger partial charge in [-0.05, 0) is 105 Å². The first-order chi connectivity index (χ1) is 27.3. The third-order valence-corrected chi connectivity index (χ3v) is 11.8. The lowest BCUT2D eigenvalue weighted by Gasteiger charge is -2.20. The summed E-state index contributed by atoms with van der Waals surface area (Å²) in [6.07, 6.45) is 0. The fourth-order valence-electron chi connectivity index (χ4n) is 9.45. The Morgan fingerprint density at radius 1 is 0.236 bits per heavy atom. The Labute approximate surface area is 317 Å². The molecule has 12 rings (SSSR count). The monoisotopic (exact) mass is 696 g/mol. The van der Waals surface area contributed by atoms with Gasteiger partial charge in [0.25, 0.3) is 0 Å². The second kappa shape index (κ2) is 11.6. The van der Waals surface area contributed by atoms with Crippen LogP contribution in [-0.4, -0.2) is 0 Å². The van der Waals surface area contributed by atoms with Gasteiger partial charge < -0.3 is 4.42 Å². The number of hydrogen-bond donors (Lipinski definition) is 0. The average Bonchev–Trinajstić information content (AvgIpc) is 3.65. The van der Waals surface area contributed by atoms with Crippen LogP contribution in [0.5, 0.6) is 0 Å². The molecule has 11 aromatic carbocycles. The summed E-state index contributed by atoms with van der Waals surface area (Å²) in [7, 11) is 0. The smallest absolute Gasteiger partial charge is 0.143 e. The minimum atomic E-state index is 0.927. The van der Waals surface area contributed by atoms with Gasteiger partial charge in [0.2, 0.25) is 0 Å². The SMILES string of the molecule is c1ccc(-c2c3ccccc3c(-c3cc4c5ccccc5c(-c5cccc6c5oc5c7ccccc7ccc65)cc4c4ccccc34)c3ccccc23)cc1. The molecule has 0 fully saturated rings. The van der Waals surface area contributed by atoms with Crippen molar-refractivity contribution >= 4 is 86.6 Å². The molecule has 0 saturated heterocycles. The summed E-state index contributed by atoms with van der Waals surface area (Å²) < 4.78 is 6.90. The van der Waals surface area contributed by atoms with Crippen molar-refractivity contribution in [3.63, 3.8) is 0 Å². The lowest BCUT2D eigenvalue weighted by atomic mass is 9.83. The summed E-state index contributed by atoms with van der Waals surface area (Å²) in [6, 6.07) is 71.0. The van der Waals surface area contributed by atoms with Crippen LogP contribution in [-0.2, 0) is 0 Å². The topological polar surface area (TPSA) is 13.1 Å².